The minimum atomic E-state index is -0.856. The molecule has 4 rings (SSSR count). The summed E-state index contributed by atoms with van der Waals surface area (Å²) in [5.74, 6) is 0.158. The second-order valence-electron chi connectivity index (χ2n) is 8.39. The molecule has 31 heavy (non-hydrogen) atoms. The van der Waals surface area contributed by atoms with Gasteiger partial charge in [-0.05, 0) is 49.3 Å². The lowest BCUT2D eigenvalue weighted by Gasteiger charge is -2.24. The first kappa shape index (κ1) is 21.3. The number of aryl methyl sites for hydroxylation is 2. The largest absolute Gasteiger partial charge is 0.480 e. The number of aromatic nitrogens is 1. The Kier molecular flexibility index (Phi) is 6.82. The third-order valence-electron chi connectivity index (χ3n) is 6.09. The van der Waals surface area contributed by atoms with Gasteiger partial charge in [0.2, 0.25) is 5.91 Å². The van der Waals surface area contributed by atoms with Gasteiger partial charge in [0.05, 0.1) is 0 Å². The van der Waals surface area contributed by atoms with Crippen LogP contribution in [0.15, 0.2) is 42.5 Å². The normalized spacial score (nSPS) is 19.3. The van der Waals surface area contributed by atoms with Gasteiger partial charge < -0.3 is 15.7 Å². The van der Waals surface area contributed by atoms with Crippen LogP contribution in [0.25, 0.3) is 0 Å². The van der Waals surface area contributed by atoms with Gasteiger partial charge in [-0.3, -0.25) is 14.5 Å². The first-order chi connectivity index (χ1) is 15.1. The second-order valence-corrected chi connectivity index (χ2v) is 8.39. The molecule has 3 heterocycles. The summed E-state index contributed by atoms with van der Waals surface area (Å²) in [6.07, 6.45) is 4.95. The fraction of sp³-hybridized carbons (Fsp3) is 0.458. The SMILES string of the molecule is O=C(CCCc1ccc2c(n1)NCCC2)NC1CCN(C(C(=O)O)c2ccccc2)C1. The van der Waals surface area contributed by atoms with Gasteiger partial charge in [-0.25, -0.2) is 4.98 Å². The number of hydrogen-bond acceptors (Lipinski definition) is 5. The zero-order valence-corrected chi connectivity index (χ0v) is 17.7. The Bertz CT molecular complexity index is 918. The maximum Gasteiger partial charge on any atom is 0.325 e. The second kappa shape index (κ2) is 9.92. The molecule has 0 spiro atoms. The molecule has 2 aromatic rings. The molecule has 0 bridgehead atoms. The van der Waals surface area contributed by atoms with Gasteiger partial charge in [0, 0.05) is 37.8 Å². The van der Waals surface area contributed by atoms with E-state index in [0.717, 1.165) is 55.7 Å². The number of fused-ring (bicyclic) bond motifs is 1. The van der Waals surface area contributed by atoms with E-state index in [4.69, 9.17) is 0 Å². The lowest BCUT2D eigenvalue weighted by atomic mass is 10.1. The van der Waals surface area contributed by atoms with Crippen molar-refractivity contribution in [2.75, 3.05) is 25.0 Å². The number of rotatable bonds is 8. The third-order valence-corrected chi connectivity index (χ3v) is 6.09. The van der Waals surface area contributed by atoms with Gasteiger partial charge in [0.15, 0.2) is 0 Å². The van der Waals surface area contributed by atoms with E-state index in [2.05, 4.69) is 27.8 Å². The summed E-state index contributed by atoms with van der Waals surface area (Å²) in [6.45, 7) is 2.18. The van der Waals surface area contributed by atoms with Crippen molar-refractivity contribution in [1.82, 2.24) is 15.2 Å². The maximum atomic E-state index is 12.4. The average Bonchev–Trinajstić information content (AvgIpc) is 3.22. The van der Waals surface area contributed by atoms with Crippen molar-refractivity contribution >= 4 is 17.7 Å². The van der Waals surface area contributed by atoms with Crippen LogP contribution in [0.2, 0.25) is 0 Å². The van der Waals surface area contributed by atoms with Crippen molar-refractivity contribution in [3.8, 4) is 0 Å². The summed E-state index contributed by atoms with van der Waals surface area (Å²) in [4.78, 5) is 30.9. The van der Waals surface area contributed by atoms with Crippen LogP contribution in [0.4, 0.5) is 5.82 Å². The molecular weight excluding hydrogens is 392 g/mol. The molecule has 1 aromatic heterocycles. The number of amides is 1. The van der Waals surface area contributed by atoms with E-state index in [1.165, 1.54) is 5.56 Å². The van der Waals surface area contributed by atoms with Crippen LogP contribution in [0.3, 0.4) is 0 Å². The molecule has 164 valence electrons. The Hall–Kier alpha value is -2.93. The summed E-state index contributed by atoms with van der Waals surface area (Å²) in [7, 11) is 0. The molecule has 0 radical (unpaired) electrons. The zero-order valence-electron chi connectivity index (χ0n) is 17.7. The fourth-order valence-corrected chi connectivity index (χ4v) is 4.52. The molecule has 2 aliphatic heterocycles. The number of nitrogens with one attached hydrogen (secondary N) is 2. The predicted octanol–water partition coefficient (Wildman–Crippen LogP) is 2.78. The van der Waals surface area contributed by atoms with Crippen molar-refractivity contribution in [2.45, 2.75) is 50.6 Å². The number of benzene rings is 1. The number of anilines is 1. The minimum absolute atomic E-state index is 0.0101. The summed E-state index contributed by atoms with van der Waals surface area (Å²) < 4.78 is 0. The van der Waals surface area contributed by atoms with Crippen molar-refractivity contribution in [2.24, 2.45) is 0 Å². The molecule has 1 aromatic carbocycles. The molecule has 7 nitrogen and oxygen atoms in total. The number of pyridine rings is 1. The van der Waals surface area contributed by atoms with E-state index >= 15 is 0 Å². The number of carbonyl (C=O) groups excluding carboxylic acids is 1. The molecular formula is C24H30N4O3. The quantitative estimate of drug-likeness (QED) is 0.606. The number of carboxylic acid groups (broad SMARTS) is 1. The van der Waals surface area contributed by atoms with Gasteiger partial charge in [-0.1, -0.05) is 36.4 Å². The van der Waals surface area contributed by atoms with E-state index in [1.54, 1.807) is 0 Å². The smallest absolute Gasteiger partial charge is 0.325 e. The fourth-order valence-electron chi connectivity index (χ4n) is 4.52. The number of carboxylic acids is 1. The molecule has 1 saturated heterocycles. The molecule has 2 aliphatic rings. The first-order valence-corrected chi connectivity index (χ1v) is 11.1. The average molecular weight is 423 g/mol. The lowest BCUT2D eigenvalue weighted by Crippen LogP contribution is -2.39. The summed E-state index contributed by atoms with van der Waals surface area (Å²) in [5, 5.41) is 16.1. The number of hydrogen-bond donors (Lipinski definition) is 3. The summed E-state index contributed by atoms with van der Waals surface area (Å²) in [5.41, 5.74) is 3.06. The summed E-state index contributed by atoms with van der Waals surface area (Å²) in [6, 6.07) is 12.8. The number of nitrogens with zero attached hydrogens (tertiary/aromatic N) is 2. The highest BCUT2D eigenvalue weighted by atomic mass is 16.4. The molecule has 0 saturated carbocycles. The topological polar surface area (TPSA) is 94.6 Å². The van der Waals surface area contributed by atoms with Gasteiger partial charge in [0.25, 0.3) is 0 Å². The summed E-state index contributed by atoms with van der Waals surface area (Å²) >= 11 is 0. The van der Waals surface area contributed by atoms with E-state index in [1.807, 2.05) is 35.2 Å². The van der Waals surface area contributed by atoms with Crippen molar-refractivity contribution < 1.29 is 14.7 Å². The van der Waals surface area contributed by atoms with Gasteiger partial charge in [0.1, 0.15) is 11.9 Å². The lowest BCUT2D eigenvalue weighted by molar-refractivity contribution is -0.143. The van der Waals surface area contributed by atoms with Crippen LogP contribution in [-0.2, 0) is 22.4 Å². The molecule has 2 unspecified atom stereocenters. The Morgan fingerprint density at radius 1 is 1.23 bits per heavy atom. The third kappa shape index (κ3) is 5.41. The van der Waals surface area contributed by atoms with Crippen molar-refractivity contribution in [1.29, 1.82) is 0 Å². The van der Waals surface area contributed by atoms with Crippen LogP contribution in [0.5, 0.6) is 0 Å². The minimum Gasteiger partial charge on any atom is -0.480 e. The molecule has 1 fully saturated rings. The highest BCUT2D eigenvalue weighted by molar-refractivity contribution is 5.77. The number of aliphatic carboxylic acids is 1. The van der Waals surface area contributed by atoms with Crippen LogP contribution in [0.1, 0.15) is 48.5 Å². The molecule has 7 heteroatoms. The van der Waals surface area contributed by atoms with Crippen LogP contribution in [0, 0.1) is 0 Å². The van der Waals surface area contributed by atoms with Crippen LogP contribution in [-0.4, -0.2) is 52.5 Å². The highest BCUT2D eigenvalue weighted by Gasteiger charge is 2.33. The van der Waals surface area contributed by atoms with Crippen LogP contribution < -0.4 is 10.6 Å². The molecule has 1 amide bonds. The first-order valence-electron chi connectivity index (χ1n) is 11.1. The number of carbonyl (C=O) groups is 2. The highest BCUT2D eigenvalue weighted by Crippen LogP contribution is 2.25. The Morgan fingerprint density at radius 2 is 2.06 bits per heavy atom. The molecule has 3 N–H and O–H groups in total. The predicted molar refractivity (Wildman–Crippen MR) is 119 cm³/mol. The van der Waals surface area contributed by atoms with Crippen molar-refractivity contribution in [3.05, 3.63) is 59.3 Å². The van der Waals surface area contributed by atoms with E-state index in [-0.39, 0.29) is 11.9 Å². The van der Waals surface area contributed by atoms with Gasteiger partial charge in [-0.15, -0.1) is 0 Å². The van der Waals surface area contributed by atoms with Crippen molar-refractivity contribution in [3.63, 3.8) is 0 Å². The zero-order chi connectivity index (χ0) is 21.6. The Balaban J connectivity index is 1.24. The molecule has 2 atom stereocenters. The van der Waals surface area contributed by atoms with E-state index in [9.17, 15) is 14.7 Å². The van der Waals surface area contributed by atoms with E-state index in [0.29, 0.717) is 19.5 Å². The Morgan fingerprint density at radius 3 is 2.87 bits per heavy atom. The maximum absolute atomic E-state index is 12.4. The molecule has 0 aliphatic carbocycles. The standard InChI is InChI=1S/C24H30N4O3/c29-21(10-4-9-19-12-11-18-8-5-14-25-23(18)27-19)26-20-13-15-28(16-20)22(24(30)31)17-6-2-1-3-7-17/h1-3,6-7,11-12,20,22H,4-5,8-10,13-16H2,(H,25,27)(H,26,29)(H,30,31). The van der Waals surface area contributed by atoms with Gasteiger partial charge in [-0.2, -0.15) is 0 Å². The Labute approximate surface area is 182 Å². The number of likely N-dealkylation sites (tertiary alicyclic amines) is 1. The monoisotopic (exact) mass is 422 g/mol. The van der Waals surface area contributed by atoms with Gasteiger partial charge >= 0.3 is 5.97 Å². The van der Waals surface area contributed by atoms with E-state index < -0.39 is 12.0 Å². The van der Waals surface area contributed by atoms with Crippen LogP contribution >= 0.6 is 0 Å².